The van der Waals surface area contributed by atoms with Gasteiger partial charge >= 0.3 is 0 Å². The molecule has 27 heavy (non-hydrogen) atoms. The van der Waals surface area contributed by atoms with Crippen molar-refractivity contribution < 1.29 is 13.2 Å². The third-order valence-electron chi connectivity index (χ3n) is 3.89. The largest absolute Gasteiger partial charge is 0.289 e. The Balaban J connectivity index is 1.98. The Kier molecular flexibility index (Phi) is 5.99. The lowest BCUT2D eigenvalue weighted by Gasteiger charge is -2.13. The molecule has 4 nitrogen and oxygen atoms in total. The molecule has 0 radical (unpaired) electrons. The van der Waals surface area contributed by atoms with Crippen molar-refractivity contribution in [2.24, 2.45) is 0 Å². The fraction of sp³-hybridized carbons (Fsp3) is 0.0500. The number of anilines is 1. The molecule has 7 heteroatoms. The summed E-state index contributed by atoms with van der Waals surface area (Å²) in [6.07, 6.45) is 0. The number of rotatable bonds is 6. The van der Waals surface area contributed by atoms with Gasteiger partial charge in [0, 0.05) is 21.5 Å². The van der Waals surface area contributed by atoms with Gasteiger partial charge in [-0.3, -0.25) is 9.52 Å². The van der Waals surface area contributed by atoms with E-state index >= 15 is 0 Å². The molecular weight excluding hydrogens is 450 g/mol. The highest BCUT2D eigenvalue weighted by atomic mass is 79.9. The highest BCUT2D eigenvalue weighted by Crippen LogP contribution is 2.26. The first-order valence-electron chi connectivity index (χ1n) is 7.98. The van der Waals surface area contributed by atoms with Gasteiger partial charge in [-0.05, 0) is 35.9 Å². The Bertz CT molecular complexity index is 1070. The first-order chi connectivity index (χ1) is 12.9. The van der Waals surface area contributed by atoms with Crippen molar-refractivity contribution >= 4 is 49.0 Å². The number of nitrogens with one attached hydrogen (secondary N) is 1. The van der Waals surface area contributed by atoms with Crippen LogP contribution in [0.15, 0.2) is 77.7 Å². The molecule has 0 saturated carbocycles. The molecular formula is C20H15BrClNO3S. The Morgan fingerprint density at radius 3 is 2.26 bits per heavy atom. The maximum atomic E-state index is 12.8. The van der Waals surface area contributed by atoms with Crippen LogP contribution in [-0.2, 0) is 15.4 Å². The Morgan fingerprint density at radius 2 is 1.63 bits per heavy atom. The quantitative estimate of drug-likeness (QED) is 0.399. The summed E-state index contributed by atoms with van der Waals surface area (Å²) in [5.74, 6) is -0.314. The van der Waals surface area contributed by atoms with Gasteiger partial charge in [0.05, 0.1) is 10.6 Å². The molecule has 0 fully saturated rings. The van der Waals surface area contributed by atoms with E-state index in [1.165, 1.54) is 30.3 Å². The van der Waals surface area contributed by atoms with Crippen molar-refractivity contribution in [3.8, 4) is 0 Å². The summed E-state index contributed by atoms with van der Waals surface area (Å²) >= 11 is 9.36. The summed E-state index contributed by atoms with van der Waals surface area (Å²) in [7, 11) is -3.85. The third kappa shape index (κ3) is 4.58. The van der Waals surface area contributed by atoms with Gasteiger partial charge in [-0.15, -0.1) is 0 Å². The van der Waals surface area contributed by atoms with E-state index < -0.39 is 10.0 Å². The summed E-state index contributed by atoms with van der Waals surface area (Å²) in [4.78, 5) is 12.9. The number of sulfonamides is 1. The predicted octanol–water partition coefficient (Wildman–Crippen LogP) is 5.27. The maximum absolute atomic E-state index is 12.8. The van der Waals surface area contributed by atoms with Gasteiger partial charge in [-0.1, -0.05) is 70.0 Å². The molecule has 0 spiro atoms. The molecule has 0 unspecified atom stereocenters. The molecule has 1 N–H and O–H groups in total. The number of alkyl halides is 1. The molecule has 0 heterocycles. The normalized spacial score (nSPS) is 11.2. The molecule has 0 bridgehead atoms. The van der Waals surface area contributed by atoms with Crippen LogP contribution in [0.25, 0.3) is 0 Å². The van der Waals surface area contributed by atoms with E-state index in [4.69, 9.17) is 11.6 Å². The molecule has 3 aromatic carbocycles. The van der Waals surface area contributed by atoms with Gasteiger partial charge in [-0.2, -0.15) is 0 Å². The molecule has 0 amide bonds. The van der Waals surface area contributed by atoms with Crippen molar-refractivity contribution in [2.45, 2.75) is 10.2 Å². The van der Waals surface area contributed by atoms with E-state index in [0.717, 1.165) is 5.56 Å². The van der Waals surface area contributed by atoms with Crippen molar-refractivity contribution in [2.75, 3.05) is 4.72 Å². The predicted molar refractivity (Wildman–Crippen MR) is 111 cm³/mol. The molecule has 0 aliphatic carbocycles. The van der Waals surface area contributed by atoms with Crippen molar-refractivity contribution in [1.82, 2.24) is 0 Å². The van der Waals surface area contributed by atoms with Crippen LogP contribution in [0.2, 0.25) is 5.02 Å². The van der Waals surface area contributed by atoms with E-state index in [0.29, 0.717) is 15.9 Å². The smallest absolute Gasteiger partial charge is 0.261 e. The lowest BCUT2D eigenvalue weighted by atomic mass is 10.0. The highest BCUT2D eigenvalue weighted by molar-refractivity contribution is 9.08. The van der Waals surface area contributed by atoms with E-state index in [1.807, 2.05) is 0 Å². The molecule has 0 atom stereocenters. The minimum Gasteiger partial charge on any atom is -0.289 e. The first-order valence-corrected chi connectivity index (χ1v) is 11.0. The second-order valence-electron chi connectivity index (χ2n) is 5.77. The number of hydrogen-bond acceptors (Lipinski definition) is 3. The lowest BCUT2D eigenvalue weighted by Crippen LogP contribution is -2.16. The van der Waals surface area contributed by atoms with Crippen LogP contribution >= 0.6 is 27.5 Å². The molecule has 0 aliphatic heterocycles. The van der Waals surface area contributed by atoms with Crippen LogP contribution in [0.1, 0.15) is 21.5 Å². The topological polar surface area (TPSA) is 63.2 Å². The highest BCUT2D eigenvalue weighted by Gasteiger charge is 2.20. The van der Waals surface area contributed by atoms with Crippen molar-refractivity contribution in [1.29, 1.82) is 0 Å². The third-order valence-corrected chi connectivity index (χ3v) is 6.16. The zero-order chi connectivity index (χ0) is 19.4. The molecule has 0 saturated heterocycles. The van der Waals surface area contributed by atoms with Crippen LogP contribution in [0.3, 0.4) is 0 Å². The minimum absolute atomic E-state index is 0.111. The lowest BCUT2D eigenvalue weighted by molar-refractivity contribution is 0.103. The van der Waals surface area contributed by atoms with Crippen LogP contribution < -0.4 is 4.72 Å². The Hall–Kier alpha value is -2.15. The second kappa shape index (κ2) is 8.25. The average Bonchev–Trinajstić information content (AvgIpc) is 2.69. The van der Waals surface area contributed by atoms with Gasteiger partial charge in [0.1, 0.15) is 0 Å². The SMILES string of the molecule is O=C(c1ccccc1)c1cc(Cl)ccc1NS(=O)(=O)c1ccc(CBr)cc1. The van der Waals surface area contributed by atoms with Gasteiger partial charge in [-0.25, -0.2) is 8.42 Å². The second-order valence-corrected chi connectivity index (χ2v) is 8.45. The summed E-state index contributed by atoms with van der Waals surface area (Å²) < 4.78 is 28.0. The Morgan fingerprint density at radius 1 is 0.963 bits per heavy atom. The number of halogens is 2. The molecule has 3 aromatic rings. The number of hydrogen-bond donors (Lipinski definition) is 1. The number of benzene rings is 3. The van der Waals surface area contributed by atoms with Gasteiger partial charge in [0.2, 0.25) is 0 Å². The van der Waals surface area contributed by atoms with Crippen molar-refractivity contribution in [3.63, 3.8) is 0 Å². The van der Waals surface area contributed by atoms with E-state index in [1.54, 1.807) is 42.5 Å². The van der Waals surface area contributed by atoms with Gasteiger partial charge in [0.25, 0.3) is 10.0 Å². The van der Waals surface area contributed by atoms with E-state index in [9.17, 15) is 13.2 Å². The number of ketones is 1. The summed E-state index contributed by atoms with van der Waals surface area (Å²) in [5, 5.41) is 0.979. The summed E-state index contributed by atoms with van der Waals surface area (Å²) in [5.41, 5.74) is 1.77. The molecule has 3 rings (SSSR count). The first kappa shape index (κ1) is 19.6. The van der Waals surface area contributed by atoms with Crippen LogP contribution in [0, 0.1) is 0 Å². The van der Waals surface area contributed by atoms with Crippen LogP contribution in [-0.4, -0.2) is 14.2 Å². The van der Waals surface area contributed by atoms with Gasteiger partial charge < -0.3 is 0 Å². The number of carbonyl (C=O) groups is 1. The standard InChI is InChI=1S/C20H15BrClNO3S/c21-13-14-6-9-17(10-7-14)27(25,26)23-19-11-8-16(22)12-18(19)20(24)15-4-2-1-3-5-15/h1-12,23H,13H2. The fourth-order valence-electron chi connectivity index (χ4n) is 2.50. The average molecular weight is 465 g/mol. The molecule has 0 aromatic heterocycles. The fourth-order valence-corrected chi connectivity index (χ4v) is 4.13. The maximum Gasteiger partial charge on any atom is 0.261 e. The monoisotopic (exact) mass is 463 g/mol. The zero-order valence-corrected chi connectivity index (χ0v) is 17.2. The Labute approximate surface area is 171 Å². The molecule has 0 aliphatic rings. The van der Waals surface area contributed by atoms with Crippen LogP contribution in [0.4, 0.5) is 5.69 Å². The van der Waals surface area contributed by atoms with E-state index in [-0.39, 0.29) is 21.9 Å². The van der Waals surface area contributed by atoms with Gasteiger partial charge in [0.15, 0.2) is 5.78 Å². The summed E-state index contributed by atoms with van der Waals surface area (Å²) in [6.45, 7) is 0. The summed E-state index contributed by atoms with van der Waals surface area (Å²) in [6, 6.07) is 19.6. The number of carbonyl (C=O) groups excluding carboxylic acids is 1. The van der Waals surface area contributed by atoms with Crippen LogP contribution in [0.5, 0.6) is 0 Å². The molecule has 138 valence electrons. The van der Waals surface area contributed by atoms with Crippen molar-refractivity contribution in [3.05, 3.63) is 94.5 Å². The van der Waals surface area contributed by atoms with E-state index in [2.05, 4.69) is 20.7 Å². The minimum atomic E-state index is -3.85. The zero-order valence-electron chi connectivity index (χ0n) is 14.0.